The van der Waals surface area contributed by atoms with Crippen molar-refractivity contribution >= 4 is 16.7 Å². The van der Waals surface area contributed by atoms with Crippen molar-refractivity contribution in [1.82, 2.24) is 15.0 Å². The fourth-order valence-electron chi connectivity index (χ4n) is 2.76. The highest BCUT2D eigenvalue weighted by molar-refractivity contribution is 5.91. The van der Waals surface area contributed by atoms with Crippen molar-refractivity contribution < 1.29 is 22.6 Å². The highest BCUT2D eigenvalue weighted by Crippen LogP contribution is 2.30. The molecule has 0 saturated carbocycles. The van der Waals surface area contributed by atoms with Gasteiger partial charge in [-0.05, 0) is 31.2 Å². The number of ether oxygens (including phenoxy) is 2. The number of anilines is 1. The molecule has 10 heteroatoms. The first-order valence-corrected chi connectivity index (χ1v) is 8.93. The first-order valence-electron chi connectivity index (χ1n) is 8.93. The van der Waals surface area contributed by atoms with E-state index in [2.05, 4.69) is 26.3 Å². The van der Waals surface area contributed by atoms with E-state index in [4.69, 9.17) is 9.47 Å². The number of nitrogens with zero attached hydrogens (tertiary/aromatic N) is 4. The monoisotopic (exact) mass is 417 g/mol. The van der Waals surface area contributed by atoms with Crippen molar-refractivity contribution in [2.45, 2.75) is 19.6 Å². The second-order valence-corrected chi connectivity index (χ2v) is 6.30. The summed E-state index contributed by atoms with van der Waals surface area (Å²) in [4.78, 5) is 12.3. The minimum Gasteiger partial charge on any atom is -0.490 e. The van der Waals surface area contributed by atoms with E-state index in [0.717, 1.165) is 6.07 Å². The smallest absolute Gasteiger partial charge is 0.433 e. The van der Waals surface area contributed by atoms with E-state index in [-0.39, 0.29) is 18.8 Å². The van der Waals surface area contributed by atoms with Crippen LogP contribution in [0.3, 0.4) is 0 Å². The molecule has 156 valence electrons. The standard InChI is InChI=1S/C20H18F3N5O2/c1-12-26-16-8-13(10-24)17(30-7-6-29-2)9-15(16)19(27-12)25-11-14-4-3-5-18(28-14)20(21,22)23/h3-5,8-9H,6-7,11H2,1-2H3,(H,25,26,27). The normalized spacial score (nSPS) is 11.3. The van der Waals surface area contributed by atoms with Crippen LogP contribution in [0, 0.1) is 18.3 Å². The highest BCUT2D eigenvalue weighted by atomic mass is 19.4. The van der Waals surface area contributed by atoms with Crippen molar-refractivity contribution in [3.8, 4) is 11.8 Å². The van der Waals surface area contributed by atoms with Crippen LogP contribution in [0.25, 0.3) is 10.9 Å². The quantitative estimate of drug-likeness (QED) is 0.584. The summed E-state index contributed by atoms with van der Waals surface area (Å²) in [5.74, 6) is 1.19. The lowest BCUT2D eigenvalue weighted by atomic mass is 10.1. The zero-order valence-corrected chi connectivity index (χ0v) is 16.2. The maximum Gasteiger partial charge on any atom is 0.433 e. The van der Waals surface area contributed by atoms with Crippen molar-refractivity contribution in [2.24, 2.45) is 0 Å². The Kier molecular flexibility index (Phi) is 6.32. The Balaban J connectivity index is 1.93. The number of halogens is 3. The summed E-state index contributed by atoms with van der Waals surface area (Å²) in [5, 5.41) is 13.0. The van der Waals surface area contributed by atoms with Crippen LogP contribution in [0.1, 0.15) is 22.8 Å². The van der Waals surface area contributed by atoms with Gasteiger partial charge in [0.25, 0.3) is 0 Å². The molecule has 1 aromatic carbocycles. The summed E-state index contributed by atoms with van der Waals surface area (Å²) < 4.78 is 49.2. The number of nitrogens with one attached hydrogen (secondary N) is 1. The molecule has 0 saturated heterocycles. The average Bonchev–Trinajstić information content (AvgIpc) is 2.71. The maximum atomic E-state index is 12.9. The molecular formula is C20H18F3N5O2. The third-order valence-electron chi connectivity index (χ3n) is 4.11. The predicted molar refractivity (Wildman–Crippen MR) is 103 cm³/mol. The molecule has 0 atom stereocenters. The number of fused-ring (bicyclic) bond motifs is 1. The summed E-state index contributed by atoms with van der Waals surface area (Å²) in [7, 11) is 1.54. The van der Waals surface area contributed by atoms with Crippen LogP contribution in [-0.2, 0) is 17.5 Å². The molecule has 30 heavy (non-hydrogen) atoms. The highest BCUT2D eigenvalue weighted by Gasteiger charge is 2.32. The number of aryl methyl sites for hydroxylation is 1. The van der Waals surface area contributed by atoms with Gasteiger partial charge >= 0.3 is 6.18 Å². The van der Waals surface area contributed by atoms with Crippen LogP contribution in [-0.4, -0.2) is 35.3 Å². The van der Waals surface area contributed by atoms with Gasteiger partial charge < -0.3 is 14.8 Å². The van der Waals surface area contributed by atoms with E-state index in [1.54, 1.807) is 19.1 Å². The number of methoxy groups -OCH3 is 1. The summed E-state index contributed by atoms with van der Waals surface area (Å²) in [6.07, 6.45) is -4.52. The number of aromatic nitrogens is 3. The van der Waals surface area contributed by atoms with Crippen LogP contribution < -0.4 is 10.1 Å². The lowest BCUT2D eigenvalue weighted by Crippen LogP contribution is -2.11. The van der Waals surface area contributed by atoms with Gasteiger partial charge in [-0.1, -0.05) is 6.07 Å². The molecule has 7 nitrogen and oxygen atoms in total. The lowest BCUT2D eigenvalue weighted by molar-refractivity contribution is -0.141. The van der Waals surface area contributed by atoms with E-state index in [1.165, 1.54) is 19.2 Å². The van der Waals surface area contributed by atoms with Gasteiger partial charge in [0.2, 0.25) is 0 Å². The molecule has 0 aliphatic rings. The van der Waals surface area contributed by atoms with Crippen molar-refractivity contribution in [1.29, 1.82) is 5.26 Å². The van der Waals surface area contributed by atoms with E-state index in [1.807, 2.05) is 0 Å². The SMILES string of the molecule is COCCOc1cc2c(NCc3cccc(C(F)(F)F)n3)nc(C)nc2cc1C#N. The second kappa shape index (κ2) is 8.92. The molecule has 0 unspecified atom stereocenters. The first-order chi connectivity index (χ1) is 14.3. The van der Waals surface area contributed by atoms with Crippen molar-refractivity contribution in [3.05, 3.63) is 53.1 Å². The Morgan fingerprint density at radius 3 is 2.63 bits per heavy atom. The van der Waals surface area contributed by atoms with Crippen LogP contribution >= 0.6 is 0 Å². The van der Waals surface area contributed by atoms with Crippen LogP contribution in [0.15, 0.2) is 30.3 Å². The van der Waals surface area contributed by atoms with Gasteiger partial charge in [-0.15, -0.1) is 0 Å². The first kappa shape index (κ1) is 21.3. The lowest BCUT2D eigenvalue weighted by Gasteiger charge is -2.13. The maximum absolute atomic E-state index is 12.9. The molecule has 0 amide bonds. The van der Waals surface area contributed by atoms with Gasteiger partial charge in [0, 0.05) is 12.5 Å². The molecule has 0 aliphatic heterocycles. The molecular weight excluding hydrogens is 399 g/mol. The Hall–Kier alpha value is -3.45. The van der Waals surface area contributed by atoms with Gasteiger partial charge in [0.15, 0.2) is 0 Å². The Labute approximate surface area is 170 Å². The fraction of sp³-hybridized carbons (Fsp3) is 0.300. The van der Waals surface area contributed by atoms with Gasteiger partial charge in [-0.25, -0.2) is 15.0 Å². The number of rotatable bonds is 7. The molecule has 1 N–H and O–H groups in total. The summed E-state index contributed by atoms with van der Waals surface area (Å²) in [6.45, 7) is 2.30. The van der Waals surface area contributed by atoms with Crippen LogP contribution in [0.5, 0.6) is 5.75 Å². The minimum atomic E-state index is -4.52. The minimum absolute atomic E-state index is 0.0232. The topological polar surface area (TPSA) is 92.9 Å². The number of alkyl halides is 3. The van der Waals surface area contributed by atoms with Crippen molar-refractivity contribution in [3.63, 3.8) is 0 Å². The molecule has 3 aromatic rings. The zero-order chi connectivity index (χ0) is 21.7. The van der Waals surface area contributed by atoms with Gasteiger partial charge in [0.05, 0.1) is 29.9 Å². The van der Waals surface area contributed by atoms with E-state index in [9.17, 15) is 18.4 Å². The number of nitriles is 1. The average molecular weight is 417 g/mol. The third-order valence-corrected chi connectivity index (χ3v) is 4.11. The summed E-state index contributed by atoms with van der Waals surface area (Å²) in [5.41, 5.74) is 0.0670. The summed E-state index contributed by atoms with van der Waals surface area (Å²) >= 11 is 0. The van der Waals surface area contributed by atoms with Gasteiger partial charge in [0.1, 0.15) is 35.8 Å². The molecule has 0 spiro atoms. The molecule has 0 bridgehead atoms. The second-order valence-electron chi connectivity index (χ2n) is 6.30. The molecule has 2 heterocycles. The largest absolute Gasteiger partial charge is 0.490 e. The predicted octanol–water partition coefficient (Wildman–Crippen LogP) is 3.86. The Morgan fingerprint density at radius 2 is 1.93 bits per heavy atom. The number of hydrogen-bond acceptors (Lipinski definition) is 7. The van der Waals surface area contributed by atoms with Crippen molar-refractivity contribution in [2.75, 3.05) is 25.6 Å². The van der Waals surface area contributed by atoms with Gasteiger partial charge in [-0.2, -0.15) is 18.4 Å². The van der Waals surface area contributed by atoms with E-state index < -0.39 is 11.9 Å². The van der Waals surface area contributed by atoms with E-state index in [0.29, 0.717) is 40.5 Å². The van der Waals surface area contributed by atoms with E-state index >= 15 is 0 Å². The van der Waals surface area contributed by atoms with Crippen LogP contribution in [0.4, 0.5) is 19.0 Å². The number of pyridine rings is 1. The molecule has 2 aromatic heterocycles. The molecule has 0 radical (unpaired) electrons. The number of benzene rings is 1. The van der Waals surface area contributed by atoms with Gasteiger partial charge in [-0.3, -0.25) is 0 Å². The summed E-state index contributed by atoms with van der Waals surface area (Å²) in [6, 6.07) is 8.99. The fourth-order valence-corrected chi connectivity index (χ4v) is 2.76. The number of hydrogen-bond donors (Lipinski definition) is 1. The molecule has 0 fully saturated rings. The third kappa shape index (κ3) is 4.93. The zero-order valence-electron chi connectivity index (χ0n) is 16.2. The molecule has 3 rings (SSSR count). The van der Waals surface area contributed by atoms with Crippen LogP contribution in [0.2, 0.25) is 0 Å². The molecule has 0 aliphatic carbocycles. The Bertz CT molecular complexity index is 1100. The Morgan fingerprint density at radius 1 is 1.13 bits per heavy atom.